The molecule has 1 aliphatic heterocycles. The van der Waals surface area contributed by atoms with Gasteiger partial charge in [0.15, 0.2) is 5.72 Å². The highest BCUT2D eigenvalue weighted by Gasteiger charge is 2.48. The number of rotatable bonds is 6. The fourth-order valence-electron chi connectivity index (χ4n) is 5.39. The Labute approximate surface area is 173 Å². The minimum absolute atomic E-state index is 0.0405. The van der Waals surface area contributed by atoms with E-state index >= 15 is 0 Å². The molecule has 4 rings (SSSR count). The molecule has 6 heteroatoms. The Bertz CT molecular complexity index is 676. The van der Waals surface area contributed by atoms with Crippen molar-refractivity contribution in [2.24, 2.45) is 17.8 Å². The summed E-state index contributed by atoms with van der Waals surface area (Å²) in [6, 6.07) is 0.409. The van der Waals surface area contributed by atoms with Crippen molar-refractivity contribution in [1.29, 1.82) is 0 Å². The van der Waals surface area contributed by atoms with Gasteiger partial charge in [-0.2, -0.15) is 0 Å². The van der Waals surface area contributed by atoms with Gasteiger partial charge in [0.25, 0.3) is 0 Å². The van der Waals surface area contributed by atoms with Crippen LogP contribution in [0, 0.1) is 23.0 Å². The maximum atomic E-state index is 11.3. The first-order valence-corrected chi connectivity index (χ1v) is 11.3. The number of hydrogen-bond donors (Lipinski definition) is 3. The summed E-state index contributed by atoms with van der Waals surface area (Å²) in [6.45, 7) is 4.29. The van der Waals surface area contributed by atoms with Gasteiger partial charge in [-0.1, -0.05) is 43.9 Å². The lowest BCUT2D eigenvalue weighted by atomic mass is 9.76. The van der Waals surface area contributed by atoms with Crippen molar-refractivity contribution >= 4 is 0 Å². The van der Waals surface area contributed by atoms with Crippen molar-refractivity contribution in [3.8, 4) is 0 Å². The third kappa shape index (κ3) is 4.62. The summed E-state index contributed by atoms with van der Waals surface area (Å²) in [4.78, 5) is 0. The van der Waals surface area contributed by atoms with Gasteiger partial charge in [0.1, 0.15) is 5.76 Å². The molecule has 6 nitrogen and oxygen atoms in total. The van der Waals surface area contributed by atoms with Gasteiger partial charge in [-0.3, -0.25) is 0 Å². The Kier molecular flexibility index (Phi) is 6.19. The lowest BCUT2D eigenvalue weighted by Gasteiger charge is -2.40. The van der Waals surface area contributed by atoms with E-state index in [-0.39, 0.29) is 23.2 Å². The van der Waals surface area contributed by atoms with Gasteiger partial charge >= 0.3 is 0 Å². The fourth-order valence-corrected chi connectivity index (χ4v) is 5.39. The molecule has 29 heavy (non-hydrogen) atoms. The molecule has 2 saturated carbocycles. The standard InChI is InChI=1S/C23H35N2O4/c1-15-12-19(29-23(10-11-23)25(27)28)13-16(2)20(15)14-18-8-9-21(26)22(24-18)17-6-4-3-5-7-17/h8-9,12-13,15,17-18,20-22,24,26-27H,3-7,10-11,14H2,1-2H3/q-1. The topological polar surface area (TPSA) is 88.0 Å². The first kappa shape index (κ1) is 21.1. The molecule has 0 aromatic rings. The Morgan fingerprint density at radius 1 is 1.24 bits per heavy atom. The van der Waals surface area contributed by atoms with Crippen molar-refractivity contribution in [1.82, 2.24) is 10.5 Å². The van der Waals surface area contributed by atoms with Crippen LogP contribution in [0.25, 0.3) is 0 Å². The first-order valence-electron chi connectivity index (χ1n) is 11.3. The van der Waals surface area contributed by atoms with Crippen molar-refractivity contribution in [2.75, 3.05) is 0 Å². The van der Waals surface area contributed by atoms with Crippen LogP contribution < -0.4 is 5.32 Å². The number of ether oxygens (including phenoxy) is 1. The van der Waals surface area contributed by atoms with Crippen LogP contribution in [-0.2, 0) is 4.74 Å². The second kappa shape index (κ2) is 8.52. The highest BCUT2D eigenvalue weighted by Crippen LogP contribution is 2.45. The Morgan fingerprint density at radius 3 is 2.59 bits per heavy atom. The first-order chi connectivity index (χ1) is 13.9. The molecule has 0 bridgehead atoms. The molecule has 0 saturated heterocycles. The summed E-state index contributed by atoms with van der Waals surface area (Å²) in [6.07, 6.45) is 16.2. The molecule has 5 atom stereocenters. The number of nitrogens with zero attached hydrogens (tertiary/aromatic N) is 1. The van der Waals surface area contributed by atoms with Crippen LogP contribution in [0.4, 0.5) is 0 Å². The number of aliphatic hydroxyl groups excluding tert-OH is 1. The summed E-state index contributed by atoms with van der Waals surface area (Å²) < 4.78 is 5.83. The van der Waals surface area contributed by atoms with Crippen LogP contribution in [0.5, 0.6) is 0 Å². The van der Waals surface area contributed by atoms with E-state index in [0.717, 1.165) is 6.42 Å². The van der Waals surface area contributed by atoms with Gasteiger partial charge in [0, 0.05) is 24.9 Å². The second-order valence-electron chi connectivity index (χ2n) is 9.55. The number of aliphatic hydroxyl groups is 1. The molecule has 0 aromatic heterocycles. The van der Waals surface area contributed by atoms with Crippen LogP contribution in [0.15, 0.2) is 35.6 Å². The molecule has 3 aliphatic carbocycles. The van der Waals surface area contributed by atoms with Crippen LogP contribution in [0.2, 0.25) is 0 Å². The summed E-state index contributed by atoms with van der Waals surface area (Å²) >= 11 is 0. The molecule has 2 fully saturated rings. The van der Waals surface area contributed by atoms with E-state index in [9.17, 15) is 15.5 Å². The number of hydrogen-bond acceptors (Lipinski definition) is 6. The average molecular weight is 404 g/mol. The zero-order valence-electron chi connectivity index (χ0n) is 17.6. The predicted molar refractivity (Wildman–Crippen MR) is 112 cm³/mol. The molecule has 3 N–H and O–H groups in total. The van der Waals surface area contributed by atoms with Crippen LogP contribution in [0.3, 0.4) is 0 Å². The van der Waals surface area contributed by atoms with Crippen LogP contribution in [0.1, 0.15) is 65.2 Å². The quantitative estimate of drug-likeness (QED) is 0.353. The van der Waals surface area contributed by atoms with E-state index in [0.29, 0.717) is 30.4 Å². The minimum Gasteiger partial charge on any atom is -0.759 e. The van der Waals surface area contributed by atoms with Crippen LogP contribution >= 0.6 is 0 Å². The average Bonchev–Trinajstić information content (AvgIpc) is 3.47. The normalized spacial score (nSPS) is 37.2. The van der Waals surface area contributed by atoms with E-state index in [1.165, 1.54) is 37.7 Å². The molecule has 0 radical (unpaired) electrons. The highest BCUT2D eigenvalue weighted by molar-refractivity contribution is 5.28. The molecule has 0 amide bonds. The van der Waals surface area contributed by atoms with E-state index in [1.54, 1.807) is 0 Å². The monoisotopic (exact) mass is 403 g/mol. The van der Waals surface area contributed by atoms with Crippen molar-refractivity contribution in [3.05, 3.63) is 40.8 Å². The SMILES string of the molecule is CC1=CC(OC2(N([O-])O)CC2)=CC(C)C1CC1C=CC(O)C(C2CCCCC2)N1. The molecule has 4 aliphatic rings. The van der Waals surface area contributed by atoms with Gasteiger partial charge in [0.05, 0.1) is 6.10 Å². The molecule has 5 unspecified atom stereocenters. The molecule has 162 valence electrons. The van der Waals surface area contributed by atoms with Gasteiger partial charge in [-0.15, -0.1) is 0 Å². The third-order valence-corrected chi connectivity index (χ3v) is 7.33. The number of nitrogens with one attached hydrogen (secondary N) is 1. The minimum atomic E-state index is -1.08. The highest BCUT2D eigenvalue weighted by atomic mass is 16.8. The van der Waals surface area contributed by atoms with E-state index < -0.39 is 11.8 Å². The van der Waals surface area contributed by atoms with Crippen molar-refractivity contribution in [3.63, 3.8) is 0 Å². The smallest absolute Gasteiger partial charge is 0.173 e. The van der Waals surface area contributed by atoms with Crippen LogP contribution in [-0.4, -0.2) is 39.5 Å². The predicted octanol–water partition coefficient (Wildman–Crippen LogP) is 4.01. The van der Waals surface area contributed by atoms with E-state index in [1.807, 2.05) is 12.2 Å². The maximum absolute atomic E-state index is 11.3. The molecule has 1 heterocycles. The largest absolute Gasteiger partial charge is 0.759 e. The zero-order valence-corrected chi connectivity index (χ0v) is 17.6. The van der Waals surface area contributed by atoms with Crippen molar-refractivity contribution in [2.45, 2.75) is 89.1 Å². The lowest BCUT2D eigenvalue weighted by Crippen LogP contribution is -2.52. The van der Waals surface area contributed by atoms with Gasteiger partial charge in [0.2, 0.25) is 0 Å². The summed E-state index contributed by atoms with van der Waals surface area (Å²) in [7, 11) is 0. The zero-order chi connectivity index (χ0) is 20.6. The van der Waals surface area contributed by atoms with E-state index in [4.69, 9.17) is 4.74 Å². The Hall–Kier alpha value is -1.18. The number of allylic oxidation sites excluding steroid dienone is 3. The third-order valence-electron chi connectivity index (χ3n) is 7.33. The summed E-state index contributed by atoms with van der Waals surface area (Å²) in [5, 5.41) is 34.8. The Balaban J connectivity index is 1.38. The Morgan fingerprint density at radius 2 is 1.97 bits per heavy atom. The summed E-state index contributed by atoms with van der Waals surface area (Å²) in [5.41, 5.74) is 0.156. The van der Waals surface area contributed by atoms with Gasteiger partial charge < -0.3 is 25.6 Å². The van der Waals surface area contributed by atoms with Gasteiger partial charge in [-0.25, -0.2) is 5.23 Å². The molecular formula is C23H35N2O4-. The molecule has 0 spiro atoms. The molecule has 0 aromatic carbocycles. The van der Waals surface area contributed by atoms with E-state index in [2.05, 4.69) is 31.3 Å². The van der Waals surface area contributed by atoms with Gasteiger partial charge in [-0.05, 0) is 56.1 Å². The molecular weight excluding hydrogens is 368 g/mol. The number of hydroxylamine groups is 2. The lowest BCUT2D eigenvalue weighted by molar-refractivity contribution is -0.184. The summed E-state index contributed by atoms with van der Waals surface area (Å²) in [5.74, 6) is 1.90. The fraction of sp³-hybridized carbons (Fsp3) is 0.739. The maximum Gasteiger partial charge on any atom is 0.173 e. The second-order valence-corrected chi connectivity index (χ2v) is 9.55. The van der Waals surface area contributed by atoms with Crippen molar-refractivity contribution < 1.29 is 15.1 Å².